The molecule has 1 aliphatic carbocycles. The lowest BCUT2D eigenvalue weighted by Gasteiger charge is -2.34. The molecule has 2 aliphatic rings. The van der Waals surface area contributed by atoms with Gasteiger partial charge in [-0.2, -0.15) is 4.98 Å². The van der Waals surface area contributed by atoms with Gasteiger partial charge in [-0.1, -0.05) is 18.9 Å². The monoisotopic (exact) mass is 453 g/mol. The smallest absolute Gasteiger partial charge is 0.234 e. The lowest BCUT2D eigenvalue weighted by atomic mass is 9.91. The van der Waals surface area contributed by atoms with Gasteiger partial charge in [-0.25, -0.2) is 4.98 Å². The van der Waals surface area contributed by atoms with Gasteiger partial charge in [0, 0.05) is 19.6 Å². The van der Waals surface area contributed by atoms with Crippen LogP contribution >= 0.6 is 0 Å². The van der Waals surface area contributed by atoms with E-state index in [-0.39, 0.29) is 11.9 Å². The van der Waals surface area contributed by atoms with E-state index >= 15 is 0 Å². The molecule has 1 aliphatic heterocycles. The standard InChI is InChI=1S/C25H35N5O3/c1-16(17-11-12-20(32-5)21(13-17)33-6)27-24-26-14-19-22(28-24)30(18-9-7-8-10-18)15-25(2,3)23(31)29(19)4/h11-14,16,18H,7-10,15H2,1-6H3,(H,26,27,28). The zero-order valence-corrected chi connectivity index (χ0v) is 20.5. The van der Waals surface area contributed by atoms with Crippen LogP contribution in [0.5, 0.6) is 11.5 Å². The molecule has 1 aromatic heterocycles. The molecule has 1 aromatic carbocycles. The van der Waals surface area contributed by atoms with Gasteiger partial charge in [-0.15, -0.1) is 0 Å². The minimum Gasteiger partial charge on any atom is -0.493 e. The Balaban J connectivity index is 1.67. The number of aromatic nitrogens is 2. The number of carbonyl (C=O) groups is 1. The van der Waals surface area contributed by atoms with E-state index in [2.05, 4.69) is 22.1 Å². The number of hydrogen-bond acceptors (Lipinski definition) is 7. The zero-order valence-electron chi connectivity index (χ0n) is 20.5. The van der Waals surface area contributed by atoms with Crippen LogP contribution in [0.4, 0.5) is 17.5 Å². The molecule has 4 rings (SSSR count). The maximum atomic E-state index is 13.2. The summed E-state index contributed by atoms with van der Waals surface area (Å²) < 4.78 is 10.8. The van der Waals surface area contributed by atoms with Crippen LogP contribution in [-0.4, -0.2) is 49.7 Å². The Hall–Kier alpha value is -3.03. The van der Waals surface area contributed by atoms with Crippen molar-refractivity contribution in [1.82, 2.24) is 9.97 Å². The Labute approximate surface area is 196 Å². The van der Waals surface area contributed by atoms with Gasteiger partial charge in [0.25, 0.3) is 0 Å². The lowest BCUT2D eigenvalue weighted by Crippen LogP contribution is -2.45. The maximum absolute atomic E-state index is 13.2. The molecule has 8 heteroatoms. The average molecular weight is 454 g/mol. The SMILES string of the molecule is COc1ccc(C(C)Nc2ncc3c(n2)N(C2CCCC2)CC(C)(C)C(=O)N3C)cc1OC. The fourth-order valence-electron chi connectivity index (χ4n) is 4.93. The fourth-order valence-corrected chi connectivity index (χ4v) is 4.93. The molecule has 1 atom stereocenters. The Bertz CT molecular complexity index is 1020. The minimum atomic E-state index is -0.501. The average Bonchev–Trinajstić information content (AvgIpc) is 3.33. The molecule has 1 N–H and O–H groups in total. The molecule has 0 saturated heterocycles. The van der Waals surface area contributed by atoms with E-state index in [1.165, 1.54) is 12.8 Å². The number of ether oxygens (including phenoxy) is 2. The first-order chi connectivity index (χ1) is 15.7. The van der Waals surface area contributed by atoms with Crippen LogP contribution in [0.15, 0.2) is 24.4 Å². The van der Waals surface area contributed by atoms with Gasteiger partial charge in [0.2, 0.25) is 11.9 Å². The quantitative estimate of drug-likeness (QED) is 0.694. The predicted molar refractivity (Wildman–Crippen MR) is 130 cm³/mol. The van der Waals surface area contributed by atoms with Gasteiger partial charge >= 0.3 is 0 Å². The number of nitrogens with one attached hydrogen (secondary N) is 1. The second kappa shape index (κ2) is 9.08. The van der Waals surface area contributed by atoms with Crippen molar-refractivity contribution in [3.8, 4) is 11.5 Å². The molecule has 178 valence electrons. The molecule has 1 fully saturated rings. The summed E-state index contributed by atoms with van der Waals surface area (Å²) in [7, 11) is 5.08. The summed E-state index contributed by atoms with van der Waals surface area (Å²) in [5.74, 6) is 2.84. The third kappa shape index (κ3) is 4.43. The molecule has 1 amide bonds. The number of nitrogens with zero attached hydrogens (tertiary/aromatic N) is 4. The molecular formula is C25H35N5O3. The molecule has 0 bridgehead atoms. The van der Waals surface area contributed by atoms with Crippen molar-refractivity contribution >= 4 is 23.4 Å². The molecule has 8 nitrogen and oxygen atoms in total. The van der Waals surface area contributed by atoms with Crippen LogP contribution in [0.3, 0.4) is 0 Å². The van der Waals surface area contributed by atoms with Gasteiger partial charge in [0.1, 0.15) is 5.69 Å². The van der Waals surface area contributed by atoms with E-state index in [1.54, 1.807) is 25.3 Å². The van der Waals surface area contributed by atoms with E-state index in [1.807, 2.05) is 39.1 Å². The van der Waals surface area contributed by atoms with E-state index in [4.69, 9.17) is 14.5 Å². The summed E-state index contributed by atoms with van der Waals surface area (Å²) in [6.07, 6.45) is 6.46. The Kier molecular flexibility index (Phi) is 6.36. The highest BCUT2D eigenvalue weighted by Crippen LogP contribution is 2.40. The van der Waals surface area contributed by atoms with Crippen molar-refractivity contribution in [3.05, 3.63) is 30.0 Å². The van der Waals surface area contributed by atoms with Gasteiger partial charge in [0.05, 0.1) is 31.9 Å². The normalized spacial score (nSPS) is 19.2. The summed E-state index contributed by atoms with van der Waals surface area (Å²) in [6, 6.07) is 6.20. The summed E-state index contributed by atoms with van der Waals surface area (Å²) in [4.78, 5) is 26.7. The molecule has 2 heterocycles. The molecule has 0 spiro atoms. The van der Waals surface area contributed by atoms with Crippen LogP contribution in [0.1, 0.15) is 58.1 Å². The molecule has 33 heavy (non-hydrogen) atoms. The van der Waals surface area contributed by atoms with Gasteiger partial charge in [-0.05, 0) is 51.3 Å². The van der Waals surface area contributed by atoms with Crippen molar-refractivity contribution in [2.75, 3.05) is 42.9 Å². The molecule has 2 aromatic rings. The minimum absolute atomic E-state index is 0.0515. The first-order valence-electron chi connectivity index (χ1n) is 11.7. The molecule has 1 saturated carbocycles. The van der Waals surface area contributed by atoms with Crippen molar-refractivity contribution < 1.29 is 14.3 Å². The number of carbonyl (C=O) groups excluding carboxylic acids is 1. The van der Waals surface area contributed by atoms with Crippen LogP contribution < -0.4 is 24.6 Å². The van der Waals surface area contributed by atoms with E-state index in [0.29, 0.717) is 30.0 Å². The number of anilines is 3. The largest absolute Gasteiger partial charge is 0.493 e. The van der Waals surface area contributed by atoms with Crippen molar-refractivity contribution in [2.24, 2.45) is 5.41 Å². The number of hydrogen-bond donors (Lipinski definition) is 1. The Morgan fingerprint density at radius 1 is 1.15 bits per heavy atom. The van der Waals surface area contributed by atoms with E-state index in [9.17, 15) is 4.79 Å². The first-order valence-corrected chi connectivity index (χ1v) is 11.7. The molecule has 0 radical (unpaired) electrons. The third-order valence-electron chi connectivity index (χ3n) is 6.85. The van der Waals surface area contributed by atoms with Crippen LogP contribution in [0, 0.1) is 5.41 Å². The van der Waals surface area contributed by atoms with E-state index in [0.717, 1.165) is 29.9 Å². The molecular weight excluding hydrogens is 418 g/mol. The predicted octanol–water partition coefficient (Wildman–Crippen LogP) is 4.42. The number of fused-ring (bicyclic) bond motifs is 1. The summed E-state index contributed by atoms with van der Waals surface area (Å²) in [6.45, 7) is 6.75. The van der Waals surface area contributed by atoms with Crippen molar-refractivity contribution in [1.29, 1.82) is 0 Å². The van der Waals surface area contributed by atoms with Gasteiger partial charge in [-0.3, -0.25) is 4.79 Å². The Morgan fingerprint density at radius 3 is 2.52 bits per heavy atom. The highest BCUT2D eigenvalue weighted by Gasteiger charge is 2.41. The van der Waals surface area contributed by atoms with Crippen LogP contribution in [0.25, 0.3) is 0 Å². The topological polar surface area (TPSA) is 79.8 Å². The number of rotatable bonds is 6. The fraction of sp³-hybridized carbons (Fsp3) is 0.560. The maximum Gasteiger partial charge on any atom is 0.234 e. The first kappa shape index (κ1) is 23.1. The highest BCUT2D eigenvalue weighted by molar-refractivity contribution is 6.00. The third-order valence-corrected chi connectivity index (χ3v) is 6.85. The Morgan fingerprint density at radius 2 is 1.85 bits per heavy atom. The van der Waals surface area contributed by atoms with Crippen molar-refractivity contribution in [3.63, 3.8) is 0 Å². The van der Waals surface area contributed by atoms with E-state index < -0.39 is 5.41 Å². The lowest BCUT2D eigenvalue weighted by molar-refractivity contribution is -0.125. The zero-order chi connectivity index (χ0) is 23.8. The second-order valence-electron chi connectivity index (χ2n) is 9.70. The summed E-state index contributed by atoms with van der Waals surface area (Å²) >= 11 is 0. The van der Waals surface area contributed by atoms with Gasteiger partial charge < -0.3 is 24.6 Å². The second-order valence-corrected chi connectivity index (χ2v) is 9.70. The highest BCUT2D eigenvalue weighted by atomic mass is 16.5. The van der Waals surface area contributed by atoms with Crippen LogP contribution in [-0.2, 0) is 4.79 Å². The number of benzene rings is 1. The van der Waals surface area contributed by atoms with Crippen LogP contribution in [0.2, 0.25) is 0 Å². The summed E-state index contributed by atoms with van der Waals surface area (Å²) in [5.41, 5.74) is 1.30. The number of amides is 1. The number of methoxy groups -OCH3 is 2. The van der Waals surface area contributed by atoms with Crippen molar-refractivity contribution in [2.45, 2.75) is 58.5 Å². The summed E-state index contributed by atoms with van der Waals surface area (Å²) in [5, 5.41) is 3.43. The molecule has 1 unspecified atom stereocenters. The van der Waals surface area contributed by atoms with Gasteiger partial charge in [0.15, 0.2) is 17.3 Å².